The van der Waals surface area contributed by atoms with Crippen LogP contribution < -0.4 is 9.64 Å². The van der Waals surface area contributed by atoms with Crippen LogP contribution in [0.2, 0.25) is 0 Å². The van der Waals surface area contributed by atoms with Crippen molar-refractivity contribution in [1.29, 1.82) is 0 Å². The first-order valence-electron chi connectivity index (χ1n) is 9.29. The van der Waals surface area contributed by atoms with E-state index in [2.05, 4.69) is 6.92 Å². The average Bonchev–Trinajstić information content (AvgIpc) is 2.72. The molecule has 2 aromatic rings. The molecule has 0 saturated carbocycles. The minimum atomic E-state index is 0.0897. The molecule has 4 heteroatoms. The highest BCUT2D eigenvalue weighted by molar-refractivity contribution is 6.08. The molecule has 136 valence electrons. The van der Waals surface area contributed by atoms with Gasteiger partial charge in [-0.2, -0.15) is 0 Å². The van der Waals surface area contributed by atoms with Crippen LogP contribution in [-0.4, -0.2) is 31.8 Å². The smallest absolute Gasteiger partial charge is 0.182 e. The maximum absolute atomic E-state index is 12.9. The van der Waals surface area contributed by atoms with Crippen LogP contribution in [0.3, 0.4) is 0 Å². The number of ketones is 1. The summed E-state index contributed by atoms with van der Waals surface area (Å²) < 4.78 is 5.53. The van der Waals surface area contributed by atoms with Crippen molar-refractivity contribution >= 4 is 17.3 Å². The number of anilines is 1. The van der Waals surface area contributed by atoms with Crippen molar-refractivity contribution in [3.8, 4) is 5.75 Å². The molecular weight excluding hydrogens is 324 g/mol. The zero-order chi connectivity index (χ0) is 18.4. The van der Waals surface area contributed by atoms with Crippen molar-refractivity contribution in [2.45, 2.75) is 32.6 Å². The lowest BCUT2D eigenvalue weighted by atomic mass is 10.1. The first-order chi connectivity index (χ1) is 12.7. The molecule has 0 atom stereocenters. The number of hydrogen-bond acceptors (Lipinski definition) is 4. The van der Waals surface area contributed by atoms with Crippen LogP contribution in [0.15, 0.2) is 53.5 Å². The fourth-order valence-electron chi connectivity index (χ4n) is 3.23. The lowest BCUT2D eigenvalue weighted by Gasteiger charge is -2.29. The second kappa shape index (κ2) is 8.65. The fourth-order valence-corrected chi connectivity index (χ4v) is 3.23. The zero-order valence-corrected chi connectivity index (χ0v) is 15.6. The standard InChI is InChI=1S/C22H26N2O2/c1-3-17-11-13-18(14-12-17)20(25)16-24(22-10-6-7-15-23-22)19-8-4-5-9-21(19)26-2/h4-5,8-9,11-14H,3,6-7,10,15-16H2,1-2H3. The first kappa shape index (κ1) is 18.2. The number of nitrogens with zero attached hydrogens (tertiary/aromatic N) is 2. The minimum absolute atomic E-state index is 0.0897. The Balaban J connectivity index is 1.90. The Morgan fingerprint density at radius 3 is 2.54 bits per heavy atom. The Bertz CT molecular complexity index is 781. The van der Waals surface area contributed by atoms with Crippen LogP contribution in [0.4, 0.5) is 5.69 Å². The Labute approximate surface area is 155 Å². The Morgan fingerprint density at radius 2 is 1.88 bits per heavy atom. The molecule has 0 aromatic heterocycles. The van der Waals surface area contributed by atoms with Gasteiger partial charge in [-0.05, 0) is 37.0 Å². The van der Waals surface area contributed by atoms with Crippen LogP contribution in [0.25, 0.3) is 0 Å². The van der Waals surface area contributed by atoms with Gasteiger partial charge in [-0.1, -0.05) is 43.3 Å². The molecule has 0 unspecified atom stereocenters. The van der Waals surface area contributed by atoms with Gasteiger partial charge in [0.1, 0.15) is 11.6 Å². The number of aryl methyl sites for hydroxylation is 1. The van der Waals surface area contributed by atoms with Gasteiger partial charge in [0.15, 0.2) is 5.78 Å². The second-order valence-corrected chi connectivity index (χ2v) is 6.49. The van der Waals surface area contributed by atoms with Gasteiger partial charge < -0.3 is 9.64 Å². The predicted octanol–water partition coefficient (Wildman–Crippen LogP) is 4.53. The first-order valence-corrected chi connectivity index (χ1v) is 9.29. The molecule has 0 radical (unpaired) electrons. The number of methoxy groups -OCH3 is 1. The predicted molar refractivity (Wildman–Crippen MR) is 107 cm³/mol. The Hall–Kier alpha value is -2.62. The quantitative estimate of drug-likeness (QED) is 0.719. The highest BCUT2D eigenvalue weighted by Crippen LogP contribution is 2.30. The van der Waals surface area contributed by atoms with E-state index >= 15 is 0 Å². The summed E-state index contributed by atoms with van der Waals surface area (Å²) in [7, 11) is 1.66. The normalized spacial score (nSPS) is 13.8. The molecule has 3 rings (SSSR count). The Kier molecular flexibility index (Phi) is 6.05. The number of rotatable bonds is 6. The van der Waals surface area contributed by atoms with E-state index in [-0.39, 0.29) is 12.3 Å². The molecule has 4 nitrogen and oxygen atoms in total. The van der Waals surface area contributed by atoms with Gasteiger partial charge in [-0.15, -0.1) is 0 Å². The van der Waals surface area contributed by atoms with Gasteiger partial charge in [0.2, 0.25) is 0 Å². The summed E-state index contributed by atoms with van der Waals surface area (Å²) in [6.07, 6.45) is 4.07. The number of ether oxygens (including phenoxy) is 1. The van der Waals surface area contributed by atoms with E-state index in [0.717, 1.165) is 55.1 Å². The van der Waals surface area contributed by atoms with Crippen molar-refractivity contribution < 1.29 is 9.53 Å². The monoisotopic (exact) mass is 350 g/mol. The average molecular weight is 350 g/mol. The number of para-hydroxylation sites is 2. The summed E-state index contributed by atoms with van der Waals surface area (Å²) in [5.41, 5.74) is 2.87. The van der Waals surface area contributed by atoms with E-state index in [4.69, 9.17) is 9.73 Å². The molecule has 26 heavy (non-hydrogen) atoms. The van der Waals surface area contributed by atoms with E-state index in [1.807, 2.05) is 53.4 Å². The van der Waals surface area contributed by atoms with E-state index in [0.29, 0.717) is 0 Å². The SMILES string of the molecule is CCc1ccc(C(=O)CN(C2=NCCCC2)c2ccccc2OC)cc1. The summed E-state index contributed by atoms with van der Waals surface area (Å²) in [5.74, 6) is 1.82. The minimum Gasteiger partial charge on any atom is -0.495 e. The summed E-state index contributed by atoms with van der Waals surface area (Å²) in [5, 5.41) is 0. The van der Waals surface area contributed by atoms with Gasteiger partial charge in [-0.25, -0.2) is 0 Å². The van der Waals surface area contributed by atoms with E-state index in [1.165, 1.54) is 5.56 Å². The molecule has 0 amide bonds. The van der Waals surface area contributed by atoms with Gasteiger partial charge in [0.25, 0.3) is 0 Å². The van der Waals surface area contributed by atoms with Gasteiger partial charge >= 0.3 is 0 Å². The molecule has 1 aliphatic rings. The number of Topliss-reactive ketones (excluding diaryl/α,β-unsaturated/α-hetero) is 1. The Morgan fingerprint density at radius 1 is 1.12 bits per heavy atom. The number of amidine groups is 1. The van der Waals surface area contributed by atoms with Gasteiger partial charge in [-0.3, -0.25) is 9.79 Å². The third-order valence-electron chi connectivity index (χ3n) is 4.78. The summed E-state index contributed by atoms with van der Waals surface area (Å²) in [4.78, 5) is 19.6. The molecule has 1 aliphatic heterocycles. The lowest BCUT2D eigenvalue weighted by molar-refractivity contribution is 0.100. The largest absolute Gasteiger partial charge is 0.495 e. The van der Waals surface area contributed by atoms with Gasteiger partial charge in [0.05, 0.1) is 19.3 Å². The van der Waals surface area contributed by atoms with Crippen LogP contribution in [-0.2, 0) is 6.42 Å². The van der Waals surface area contributed by atoms with E-state index in [1.54, 1.807) is 7.11 Å². The third kappa shape index (κ3) is 4.13. The molecule has 0 aliphatic carbocycles. The van der Waals surface area contributed by atoms with Crippen molar-refractivity contribution in [1.82, 2.24) is 0 Å². The summed E-state index contributed by atoms with van der Waals surface area (Å²) >= 11 is 0. The molecule has 1 heterocycles. The highest BCUT2D eigenvalue weighted by atomic mass is 16.5. The van der Waals surface area contributed by atoms with Crippen LogP contribution in [0.1, 0.15) is 42.1 Å². The molecular formula is C22H26N2O2. The maximum Gasteiger partial charge on any atom is 0.182 e. The third-order valence-corrected chi connectivity index (χ3v) is 4.78. The molecule has 0 N–H and O–H groups in total. The molecule has 0 fully saturated rings. The van der Waals surface area contributed by atoms with Crippen LogP contribution in [0.5, 0.6) is 5.75 Å². The molecule has 0 saturated heterocycles. The van der Waals surface area contributed by atoms with Crippen LogP contribution >= 0.6 is 0 Å². The number of carbonyl (C=O) groups is 1. The topological polar surface area (TPSA) is 41.9 Å². The van der Waals surface area contributed by atoms with Crippen molar-refractivity contribution in [2.24, 2.45) is 4.99 Å². The van der Waals surface area contributed by atoms with E-state index in [9.17, 15) is 4.79 Å². The number of carbonyl (C=O) groups excluding carboxylic acids is 1. The molecule has 0 spiro atoms. The zero-order valence-electron chi connectivity index (χ0n) is 15.6. The maximum atomic E-state index is 12.9. The highest BCUT2D eigenvalue weighted by Gasteiger charge is 2.22. The number of aliphatic imine (C=N–C) groups is 1. The summed E-state index contributed by atoms with van der Waals surface area (Å²) in [6, 6.07) is 15.7. The van der Waals surface area contributed by atoms with E-state index < -0.39 is 0 Å². The number of benzene rings is 2. The lowest BCUT2D eigenvalue weighted by Crippen LogP contribution is -2.37. The molecule has 2 aromatic carbocycles. The van der Waals surface area contributed by atoms with Crippen LogP contribution in [0, 0.1) is 0 Å². The summed E-state index contributed by atoms with van der Waals surface area (Å²) in [6.45, 7) is 3.20. The van der Waals surface area contributed by atoms with Crippen molar-refractivity contribution in [2.75, 3.05) is 25.1 Å². The fraction of sp³-hybridized carbons (Fsp3) is 0.364. The van der Waals surface area contributed by atoms with Gasteiger partial charge in [0, 0.05) is 18.5 Å². The number of hydrogen-bond donors (Lipinski definition) is 0. The molecule has 0 bridgehead atoms. The van der Waals surface area contributed by atoms with Crippen molar-refractivity contribution in [3.05, 3.63) is 59.7 Å². The van der Waals surface area contributed by atoms with Crippen molar-refractivity contribution in [3.63, 3.8) is 0 Å². The second-order valence-electron chi connectivity index (χ2n) is 6.49.